The molecule has 1 atom stereocenters. The molecule has 3 heterocycles. The predicted molar refractivity (Wildman–Crippen MR) is 196 cm³/mol. The van der Waals surface area contributed by atoms with Gasteiger partial charge in [-0.25, -0.2) is 14.8 Å². The van der Waals surface area contributed by atoms with Crippen LogP contribution in [-0.4, -0.2) is 75.5 Å². The average molecular weight is 710 g/mol. The third-order valence-corrected chi connectivity index (χ3v) is 13.5. The van der Waals surface area contributed by atoms with Crippen molar-refractivity contribution in [1.29, 1.82) is 5.26 Å². The zero-order chi connectivity index (χ0) is 36.4. The van der Waals surface area contributed by atoms with E-state index >= 15 is 0 Å². The SMILES string of the molecule is COCCNc1nc(OC)c(Nc2nccc(-c3cc(C#N)c4c(c3)C(C)(CO[Si](C)(C)C(C)(C)C)CN4C(=O)OC(C)(C)C)n2)cc1Cl. The first-order chi connectivity index (χ1) is 22.8. The summed E-state index contributed by atoms with van der Waals surface area (Å²) in [6, 6.07) is 9.50. The molecule has 3 aromatic rings. The Morgan fingerprint density at radius 3 is 2.47 bits per heavy atom. The minimum atomic E-state index is -2.16. The lowest BCUT2D eigenvalue weighted by Gasteiger charge is -2.39. The molecule has 1 amide bonds. The van der Waals surface area contributed by atoms with E-state index in [1.54, 1.807) is 36.4 Å². The summed E-state index contributed by atoms with van der Waals surface area (Å²) >= 11 is 6.52. The van der Waals surface area contributed by atoms with Gasteiger partial charge in [-0.2, -0.15) is 10.2 Å². The van der Waals surface area contributed by atoms with Crippen LogP contribution in [0, 0.1) is 11.3 Å². The third kappa shape index (κ3) is 8.62. The number of pyridine rings is 1. The van der Waals surface area contributed by atoms with Crippen molar-refractivity contribution in [3.8, 4) is 23.2 Å². The molecule has 0 saturated heterocycles. The number of halogens is 1. The van der Waals surface area contributed by atoms with Crippen LogP contribution in [0.2, 0.25) is 23.2 Å². The Labute approximate surface area is 295 Å². The zero-order valence-corrected chi connectivity index (χ0v) is 32.1. The van der Waals surface area contributed by atoms with Gasteiger partial charge in [-0.1, -0.05) is 39.3 Å². The fourth-order valence-corrected chi connectivity index (χ4v) is 6.43. The quantitative estimate of drug-likeness (QED) is 0.148. The molecule has 1 aliphatic heterocycles. The minimum Gasteiger partial charge on any atom is -0.479 e. The van der Waals surface area contributed by atoms with Gasteiger partial charge < -0.3 is 29.3 Å². The first-order valence-electron chi connectivity index (χ1n) is 16.1. The zero-order valence-electron chi connectivity index (χ0n) is 30.4. The molecule has 4 rings (SSSR count). The fourth-order valence-electron chi connectivity index (χ4n) is 5.10. The minimum absolute atomic E-state index is 0.0110. The highest BCUT2D eigenvalue weighted by molar-refractivity contribution is 6.74. The van der Waals surface area contributed by atoms with Crippen molar-refractivity contribution < 1.29 is 23.4 Å². The molecule has 0 radical (unpaired) electrons. The van der Waals surface area contributed by atoms with E-state index in [0.717, 1.165) is 5.56 Å². The second kappa shape index (κ2) is 14.5. The summed E-state index contributed by atoms with van der Waals surface area (Å²) in [7, 11) is 0.968. The summed E-state index contributed by atoms with van der Waals surface area (Å²) in [5.74, 6) is 1.02. The first kappa shape index (κ1) is 37.8. The van der Waals surface area contributed by atoms with E-state index in [1.807, 2.05) is 26.8 Å². The topological polar surface area (TPSA) is 144 Å². The van der Waals surface area contributed by atoms with Gasteiger partial charge in [-0.05, 0) is 68.7 Å². The Balaban J connectivity index is 1.76. The molecule has 0 aliphatic carbocycles. The van der Waals surface area contributed by atoms with Gasteiger partial charge in [0.15, 0.2) is 8.32 Å². The number of anilines is 4. The normalized spacial score (nSPS) is 16.2. The van der Waals surface area contributed by atoms with Crippen molar-refractivity contribution in [3.05, 3.63) is 46.6 Å². The van der Waals surface area contributed by atoms with Crippen LogP contribution in [0.5, 0.6) is 5.88 Å². The van der Waals surface area contributed by atoms with Crippen molar-refractivity contribution in [2.75, 3.05) is 56.1 Å². The van der Waals surface area contributed by atoms with Crippen LogP contribution < -0.4 is 20.3 Å². The molecular weight excluding hydrogens is 662 g/mol. The number of benzene rings is 1. The highest BCUT2D eigenvalue weighted by Gasteiger charge is 2.47. The molecule has 49 heavy (non-hydrogen) atoms. The Kier molecular flexibility index (Phi) is 11.2. The van der Waals surface area contributed by atoms with Crippen molar-refractivity contribution in [1.82, 2.24) is 15.0 Å². The lowest BCUT2D eigenvalue weighted by molar-refractivity contribution is 0.0575. The monoisotopic (exact) mass is 709 g/mol. The first-order valence-corrected chi connectivity index (χ1v) is 19.4. The highest BCUT2D eigenvalue weighted by Crippen LogP contribution is 2.47. The maximum atomic E-state index is 13.6. The van der Waals surface area contributed by atoms with Gasteiger partial charge in [-0.3, -0.25) is 4.90 Å². The van der Waals surface area contributed by atoms with Crippen molar-refractivity contribution in [3.63, 3.8) is 0 Å². The van der Waals surface area contributed by atoms with Gasteiger partial charge in [-0.15, -0.1) is 0 Å². The predicted octanol–water partition coefficient (Wildman–Crippen LogP) is 7.91. The molecule has 1 aromatic carbocycles. The van der Waals surface area contributed by atoms with Crippen molar-refractivity contribution in [2.45, 2.75) is 77.6 Å². The van der Waals surface area contributed by atoms with E-state index in [1.165, 1.54) is 7.11 Å². The summed E-state index contributed by atoms with van der Waals surface area (Å²) < 4.78 is 23.2. The third-order valence-electron chi connectivity index (χ3n) is 8.76. The number of fused-ring (bicyclic) bond motifs is 1. The molecule has 2 aromatic heterocycles. The second-order valence-corrected chi connectivity index (χ2v) is 20.1. The summed E-state index contributed by atoms with van der Waals surface area (Å²) in [4.78, 5) is 28.8. The molecule has 0 saturated carbocycles. The van der Waals surface area contributed by atoms with Crippen LogP contribution >= 0.6 is 11.6 Å². The van der Waals surface area contributed by atoms with Gasteiger partial charge >= 0.3 is 6.09 Å². The number of nitrogens with zero attached hydrogens (tertiary/aromatic N) is 5. The van der Waals surface area contributed by atoms with Gasteiger partial charge in [0.2, 0.25) is 11.8 Å². The van der Waals surface area contributed by atoms with Gasteiger partial charge in [0.1, 0.15) is 23.2 Å². The van der Waals surface area contributed by atoms with E-state index in [9.17, 15) is 10.1 Å². The number of nitrogens with one attached hydrogen (secondary N) is 2. The lowest BCUT2D eigenvalue weighted by atomic mass is 9.83. The van der Waals surface area contributed by atoms with Crippen molar-refractivity contribution in [2.24, 2.45) is 0 Å². The Morgan fingerprint density at radius 1 is 1.14 bits per heavy atom. The molecule has 0 spiro atoms. The largest absolute Gasteiger partial charge is 0.479 e. The van der Waals surface area contributed by atoms with E-state index in [0.29, 0.717) is 71.2 Å². The van der Waals surface area contributed by atoms with Crippen LogP contribution in [0.4, 0.5) is 27.9 Å². The number of hydrogen-bond acceptors (Lipinski definition) is 11. The fraction of sp³-hybridized carbons (Fsp3) is 0.514. The smallest absolute Gasteiger partial charge is 0.414 e. The molecule has 0 bridgehead atoms. The molecule has 1 unspecified atom stereocenters. The van der Waals surface area contributed by atoms with Gasteiger partial charge in [0.25, 0.3) is 0 Å². The lowest BCUT2D eigenvalue weighted by Crippen LogP contribution is -2.46. The van der Waals surface area contributed by atoms with Gasteiger partial charge in [0.05, 0.1) is 35.7 Å². The molecule has 264 valence electrons. The number of hydrogen-bond donors (Lipinski definition) is 2. The molecule has 1 aliphatic rings. The Morgan fingerprint density at radius 2 is 1.86 bits per heavy atom. The van der Waals surface area contributed by atoms with E-state index in [4.69, 9.17) is 35.2 Å². The van der Waals surface area contributed by atoms with Crippen LogP contribution in [0.1, 0.15) is 59.6 Å². The Bertz CT molecular complexity index is 1730. The number of aromatic nitrogens is 3. The van der Waals surface area contributed by atoms with Gasteiger partial charge in [0, 0.05) is 44.0 Å². The van der Waals surface area contributed by atoms with E-state index in [2.05, 4.69) is 67.5 Å². The summed E-state index contributed by atoms with van der Waals surface area (Å²) in [6.07, 6.45) is 1.11. The number of rotatable bonds is 11. The van der Waals surface area contributed by atoms with Crippen LogP contribution in [0.25, 0.3) is 11.3 Å². The van der Waals surface area contributed by atoms with E-state index < -0.39 is 25.4 Å². The number of carbonyl (C=O) groups excluding carboxylic acids is 1. The van der Waals surface area contributed by atoms with Crippen LogP contribution in [0.15, 0.2) is 30.5 Å². The average Bonchev–Trinajstić information content (AvgIpc) is 3.32. The number of amides is 1. The summed E-state index contributed by atoms with van der Waals surface area (Å²) in [5, 5.41) is 17.1. The van der Waals surface area contributed by atoms with E-state index in [-0.39, 0.29) is 11.0 Å². The molecule has 14 heteroatoms. The molecule has 2 N–H and O–H groups in total. The van der Waals surface area contributed by atoms with Crippen LogP contribution in [-0.2, 0) is 19.3 Å². The number of nitriles is 1. The summed E-state index contributed by atoms with van der Waals surface area (Å²) in [6.45, 7) is 20.2. The standard InChI is InChI=1S/C35H48ClN7O5Si/c1-33(2,3)48-32(44)43-20-35(7,21-47-49(10,11)34(4,5)6)24-17-22(16-23(19-37)28(24)43)26-12-13-39-31(40-26)41-27-18-25(36)29(38-14-15-45-8)42-30(27)46-9/h12-13,16-18H,14-15,20-21H2,1-11H3,(H,38,42)(H,39,40,41). The molecular formula is C35H48ClN7O5Si. The second-order valence-electron chi connectivity index (χ2n) is 14.9. The number of methoxy groups -OCH3 is 2. The molecule has 0 fully saturated rings. The number of ether oxygens (including phenoxy) is 3. The number of carbonyl (C=O) groups is 1. The molecule has 12 nitrogen and oxygen atoms in total. The highest BCUT2D eigenvalue weighted by atomic mass is 35.5. The van der Waals surface area contributed by atoms with Crippen LogP contribution in [0.3, 0.4) is 0 Å². The van der Waals surface area contributed by atoms with Crippen molar-refractivity contribution >= 4 is 49.2 Å². The maximum Gasteiger partial charge on any atom is 0.414 e. The Hall–Kier alpha value is -3.96. The summed E-state index contributed by atoms with van der Waals surface area (Å²) in [5.41, 5.74) is 2.05. The maximum absolute atomic E-state index is 13.6.